The van der Waals surface area contributed by atoms with Crippen LogP contribution in [-0.4, -0.2) is 24.0 Å². The van der Waals surface area contributed by atoms with Crippen molar-refractivity contribution in [2.75, 3.05) is 7.11 Å². The summed E-state index contributed by atoms with van der Waals surface area (Å²) < 4.78 is 11.2. The Morgan fingerprint density at radius 1 is 1.19 bits per heavy atom. The van der Waals surface area contributed by atoms with Gasteiger partial charge in [0.05, 0.1) is 7.11 Å². The van der Waals surface area contributed by atoms with E-state index in [1.165, 1.54) is 7.11 Å². The SMILES string of the molecule is COc1cc(C2NC(=O)CCC2[N+](=O)[O-])ccc1OCc1ccccc1. The fourth-order valence-corrected chi connectivity index (χ4v) is 3.05. The van der Waals surface area contributed by atoms with Crippen LogP contribution < -0.4 is 14.8 Å². The second-order valence-electron chi connectivity index (χ2n) is 6.12. The molecule has 0 radical (unpaired) electrons. The molecule has 1 fully saturated rings. The van der Waals surface area contributed by atoms with Crippen LogP contribution in [0.3, 0.4) is 0 Å². The van der Waals surface area contributed by atoms with Gasteiger partial charge < -0.3 is 14.8 Å². The molecule has 0 bridgehead atoms. The van der Waals surface area contributed by atoms with Gasteiger partial charge in [-0.3, -0.25) is 14.9 Å². The summed E-state index contributed by atoms with van der Waals surface area (Å²) in [7, 11) is 1.51. The first-order valence-corrected chi connectivity index (χ1v) is 8.36. The highest BCUT2D eigenvalue weighted by Crippen LogP contribution is 2.34. The van der Waals surface area contributed by atoms with E-state index >= 15 is 0 Å². The molecule has 3 rings (SSSR count). The third-order valence-electron chi connectivity index (χ3n) is 4.42. The summed E-state index contributed by atoms with van der Waals surface area (Å²) >= 11 is 0. The van der Waals surface area contributed by atoms with E-state index < -0.39 is 12.1 Å². The predicted molar refractivity (Wildman–Crippen MR) is 94.7 cm³/mol. The molecule has 0 spiro atoms. The van der Waals surface area contributed by atoms with Gasteiger partial charge in [-0.2, -0.15) is 0 Å². The van der Waals surface area contributed by atoms with Gasteiger partial charge in [-0.25, -0.2) is 0 Å². The first-order chi connectivity index (χ1) is 12.6. The van der Waals surface area contributed by atoms with Crippen molar-refractivity contribution >= 4 is 5.91 Å². The highest BCUT2D eigenvalue weighted by Gasteiger charge is 2.38. The molecule has 2 unspecified atom stereocenters. The van der Waals surface area contributed by atoms with Crippen molar-refractivity contribution in [3.05, 3.63) is 69.8 Å². The molecule has 0 aromatic heterocycles. The van der Waals surface area contributed by atoms with Crippen LogP contribution in [0.25, 0.3) is 0 Å². The fourth-order valence-electron chi connectivity index (χ4n) is 3.05. The Hall–Kier alpha value is -3.09. The number of rotatable bonds is 6. The number of benzene rings is 2. The molecule has 1 amide bonds. The van der Waals surface area contributed by atoms with E-state index in [9.17, 15) is 14.9 Å². The lowest BCUT2D eigenvalue weighted by atomic mass is 9.92. The Labute approximate surface area is 151 Å². The molecule has 136 valence electrons. The molecule has 26 heavy (non-hydrogen) atoms. The van der Waals surface area contributed by atoms with E-state index in [-0.39, 0.29) is 23.7 Å². The molecule has 0 aliphatic carbocycles. The van der Waals surface area contributed by atoms with Crippen LogP contribution in [0.15, 0.2) is 48.5 Å². The zero-order valence-corrected chi connectivity index (χ0v) is 14.4. The summed E-state index contributed by atoms with van der Waals surface area (Å²) in [6.07, 6.45) is 0.385. The minimum atomic E-state index is -0.853. The van der Waals surface area contributed by atoms with Gasteiger partial charge in [0.1, 0.15) is 12.6 Å². The van der Waals surface area contributed by atoms with Gasteiger partial charge in [0.2, 0.25) is 11.9 Å². The maximum atomic E-state index is 11.7. The second-order valence-corrected chi connectivity index (χ2v) is 6.12. The molecule has 7 nitrogen and oxygen atoms in total. The Morgan fingerprint density at radius 2 is 1.96 bits per heavy atom. The number of hydrogen-bond donors (Lipinski definition) is 1. The second kappa shape index (κ2) is 7.86. The van der Waals surface area contributed by atoms with Gasteiger partial charge >= 0.3 is 0 Å². The van der Waals surface area contributed by atoms with Crippen LogP contribution in [0.2, 0.25) is 0 Å². The van der Waals surface area contributed by atoms with Crippen molar-refractivity contribution in [1.29, 1.82) is 0 Å². The third kappa shape index (κ3) is 3.93. The Morgan fingerprint density at radius 3 is 2.65 bits per heavy atom. The highest BCUT2D eigenvalue weighted by atomic mass is 16.6. The topological polar surface area (TPSA) is 90.7 Å². The number of amides is 1. The van der Waals surface area contributed by atoms with Crippen molar-refractivity contribution in [2.24, 2.45) is 0 Å². The van der Waals surface area contributed by atoms with Gasteiger partial charge in [-0.15, -0.1) is 0 Å². The van der Waals surface area contributed by atoms with Crippen LogP contribution in [0, 0.1) is 10.1 Å². The van der Waals surface area contributed by atoms with E-state index in [4.69, 9.17) is 9.47 Å². The van der Waals surface area contributed by atoms with Crippen molar-refractivity contribution < 1.29 is 19.2 Å². The third-order valence-corrected chi connectivity index (χ3v) is 4.42. The van der Waals surface area contributed by atoms with Crippen LogP contribution in [0.5, 0.6) is 11.5 Å². The maximum Gasteiger partial charge on any atom is 0.237 e. The lowest BCUT2D eigenvalue weighted by Crippen LogP contribution is -2.45. The highest BCUT2D eigenvalue weighted by molar-refractivity contribution is 5.77. The van der Waals surface area contributed by atoms with Crippen LogP contribution in [0.1, 0.15) is 30.0 Å². The lowest BCUT2D eigenvalue weighted by molar-refractivity contribution is -0.529. The molecule has 2 aromatic carbocycles. The molecule has 1 heterocycles. The molecule has 1 N–H and O–H groups in total. The van der Waals surface area contributed by atoms with Gasteiger partial charge in [-0.05, 0) is 23.3 Å². The number of piperidine rings is 1. The number of ether oxygens (including phenoxy) is 2. The average molecular weight is 356 g/mol. The molecule has 1 saturated heterocycles. The van der Waals surface area contributed by atoms with Crippen LogP contribution in [0.4, 0.5) is 0 Å². The lowest BCUT2D eigenvalue weighted by Gasteiger charge is -2.27. The largest absolute Gasteiger partial charge is 0.493 e. The Kier molecular flexibility index (Phi) is 5.36. The molecule has 1 aliphatic rings. The van der Waals surface area contributed by atoms with E-state index in [1.54, 1.807) is 18.2 Å². The zero-order chi connectivity index (χ0) is 18.5. The molecule has 1 aliphatic heterocycles. The van der Waals surface area contributed by atoms with Crippen LogP contribution in [-0.2, 0) is 11.4 Å². The summed E-state index contributed by atoms with van der Waals surface area (Å²) in [5, 5.41) is 14.0. The standard InChI is InChI=1S/C19H20N2O5/c1-25-17-11-14(19-15(21(23)24)8-10-18(22)20-19)7-9-16(17)26-12-13-5-3-2-4-6-13/h2-7,9,11,15,19H,8,10,12H2,1H3,(H,20,22). The minimum absolute atomic E-state index is 0.164. The summed E-state index contributed by atoms with van der Waals surface area (Å²) in [6.45, 7) is 0.383. The minimum Gasteiger partial charge on any atom is -0.493 e. The van der Waals surface area contributed by atoms with Crippen LogP contribution >= 0.6 is 0 Å². The molecular formula is C19H20N2O5. The summed E-state index contributed by atoms with van der Waals surface area (Å²) in [5.41, 5.74) is 1.65. The van der Waals surface area contributed by atoms with E-state index in [1.807, 2.05) is 30.3 Å². The first-order valence-electron chi connectivity index (χ1n) is 8.36. The smallest absolute Gasteiger partial charge is 0.237 e. The van der Waals surface area contributed by atoms with Gasteiger partial charge in [0.15, 0.2) is 11.5 Å². The van der Waals surface area contributed by atoms with Crippen molar-refractivity contribution in [3.63, 3.8) is 0 Å². The van der Waals surface area contributed by atoms with Crippen molar-refractivity contribution in [1.82, 2.24) is 5.32 Å². The maximum absolute atomic E-state index is 11.7. The summed E-state index contributed by atoms with van der Waals surface area (Å²) in [6, 6.07) is 13.3. The monoisotopic (exact) mass is 356 g/mol. The Balaban J connectivity index is 1.81. The molecule has 0 saturated carbocycles. The number of nitrogens with one attached hydrogen (secondary N) is 1. The quantitative estimate of drug-likeness (QED) is 0.635. The number of hydrogen-bond acceptors (Lipinski definition) is 5. The zero-order valence-electron chi connectivity index (χ0n) is 14.4. The van der Waals surface area contributed by atoms with E-state index in [0.717, 1.165) is 5.56 Å². The van der Waals surface area contributed by atoms with E-state index in [2.05, 4.69) is 5.32 Å². The summed E-state index contributed by atoms with van der Waals surface area (Å²) in [5.74, 6) is 0.830. The van der Waals surface area contributed by atoms with Gasteiger partial charge in [0, 0.05) is 17.8 Å². The number of methoxy groups -OCH3 is 1. The number of carbonyl (C=O) groups is 1. The molecule has 2 aromatic rings. The predicted octanol–water partition coefficient (Wildman–Crippen LogP) is 2.87. The fraction of sp³-hybridized carbons (Fsp3) is 0.316. The number of carbonyl (C=O) groups excluding carboxylic acids is 1. The first kappa shape index (κ1) is 17.7. The molecular weight excluding hydrogens is 336 g/mol. The summed E-state index contributed by atoms with van der Waals surface area (Å²) in [4.78, 5) is 22.7. The van der Waals surface area contributed by atoms with E-state index in [0.29, 0.717) is 23.7 Å². The Bertz CT molecular complexity index is 794. The molecule has 2 atom stereocenters. The molecule has 7 heteroatoms. The van der Waals surface area contributed by atoms with Gasteiger partial charge in [-0.1, -0.05) is 36.4 Å². The number of nitrogens with zero attached hydrogens (tertiary/aromatic N) is 1. The van der Waals surface area contributed by atoms with Gasteiger partial charge in [0.25, 0.3) is 0 Å². The van der Waals surface area contributed by atoms with Crippen molar-refractivity contribution in [3.8, 4) is 11.5 Å². The van der Waals surface area contributed by atoms with Crippen molar-refractivity contribution in [2.45, 2.75) is 31.5 Å². The normalized spacial score (nSPS) is 19.5. The number of nitro groups is 1. The average Bonchev–Trinajstić information content (AvgIpc) is 2.66.